The zero-order valence-corrected chi connectivity index (χ0v) is 17.0. The third kappa shape index (κ3) is 7.08. The smallest absolute Gasteiger partial charge is 0.269 e. The van der Waals surface area contributed by atoms with Crippen molar-refractivity contribution in [3.63, 3.8) is 0 Å². The molecule has 0 aliphatic carbocycles. The number of aliphatic hydroxyl groups excluding tert-OH is 1. The summed E-state index contributed by atoms with van der Waals surface area (Å²) in [4.78, 5) is 14.6. The average Bonchev–Trinajstić information content (AvgIpc) is 2.71. The zero-order chi connectivity index (χ0) is 21.2. The minimum atomic E-state index is -0.811. The van der Waals surface area contributed by atoms with Gasteiger partial charge in [0, 0.05) is 18.7 Å². The molecule has 2 atom stereocenters. The van der Waals surface area contributed by atoms with Crippen LogP contribution in [0.1, 0.15) is 31.0 Å². The maximum atomic E-state index is 10.7. The average molecular weight is 400 g/mol. The highest BCUT2D eigenvalue weighted by Crippen LogP contribution is 2.18. The van der Waals surface area contributed by atoms with Crippen molar-refractivity contribution in [2.45, 2.75) is 32.9 Å². The quantitative estimate of drug-likeness (QED) is 0.258. The molecule has 0 saturated heterocycles. The van der Waals surface area contributed by atoms with Gasteiger partial charge in [-0.2, -0.15) is 0 Å². The maximum Gasteiger partial charge on any atom is 0.269 e. The van der Waals surface area contributed by atoms with Crippen LogP contribution in [0, 0.1) is 17.0 Å². The number of hydrogen-bond donors (Lipinski definition) is 3. The van der Waals surface area contributed by atoms with Gasteiger partial charge in [0.05, 0.1) is 17.5 Å². The maximum absolute atomic E-state index is 10.7. The second kappa shape index (κ2) is 11.0. The van der Waals surface area contributed by atoms with Gasteiger partial charge < -0.3 is 20.5 Å². The van der Waals surface area contributed by atoms with Crippen LogP contribution in [0.2, 0.25) is 0 Å². The Morgan fingerprint density at radius 2 is 1.93 bits per heavy atom. The zero-order valence-electron chi connectivity index (χ0n) is 17.0. The summed E-state index contributed by atoms with van der Waals surface area (Å²) in [7, 11) is 0. The number of guanidine groups is 1. The van der Waals surface area contributed by atoms with Crippen LogP contribution in [0.25, 0.3) is 0 Å². The number of aliphatic imine (C=N–C) groups is 1. The molecule has 2 rings (SSSR count). The van der Waals surface area contributed by atoms with Crippen LogP contribution < -0.4 is 15.4 Å². The van der Waals surface area contributed by atoms with E-state index in [0.717, 1.165) is 0 Å². The van der Waals surface area contributed by atoms with Gasteiger partial charge in [-0.3, -0.25) is 15.1 Å². The highest BCUT2D eigenvalue weighted by Gasteiger charge is 2.11. The van der Waals surface area contributed by atoms with Crippen molar-refractivity contribution in [1.29, 1.82) is 0 Å². The fourth-order valence-corrected chi connectivity index (χ4v) is 2.78. The predicted molar refractivity (Wildman–Crippen MR) is 113 cm³/mol. The number of nitro benzene ring substituents is 1. The van der Waals surface area contributed by atoms with Crippen molar-refractivity contribution in [3.8, 4) is 5.75 Å². The number of hydrogen-bond acceptors (Lipinski definition) is 5. The van der Waals surface area contributed by atoms with E-state index in [9.17, 15) is 15.2 Å². The Bertz CT molecular complexity index is 824. The molecule has 156 valence electrons. The first-order chi connectivity index (χ1) is 13.9. The molecular weight excluding hydrogens is 372 g/mol. The first-order valence-corrected chi connectivity index (χ1v) is 9.56. The molecule has 2 aromatic rings. The molecule has 0 aliphatic rings. The van der Waals surface area contributed by atoms with Gasteiger partial charge in [0.25, 0.3) is 5.69 Å². The number of benzene rings is 2. The van der Waals surface area contributed by atoms with Crippen LogP contribution in [-0.4, -0.2) is 41.8 Å². The van der Waals surface area contributed by atoms with E-state index in [1.54, 1.807) is 0 Å². The monoisotopic (exact) mass is 400 g/mol. The number of ether oxygens (including phenoxy) is 1. The van der Waals surface area contributed by atoms with Gasteiger partial charge in [0.2, 0.25) is 0 Å². The molecule has 2 unspecified atom stereocenters. The molecule has 0 heterocycles. The van der Waals surface area contributed by atoms with Crippen LogP contribution in [0.3, 0.4) is 0 Å². The van der Waals surface area contributed by atoms with Crippen LogP contribution >= 0.6 is 0 Å². The molecule has 0 aliphatic heterocycles. The van der Waals surface area contributed by atoms with Crippen molar-refractivity contribution in [2.75, 3.05) is 19.7 Å². The summed E-state index contributed by atoms with van der Waals surface area (Å²) in [5.74, 6) is 1.06. The highest BCUT2D eigenvalue weighted by atomic mass is 16.6. The van der Waals surface area contributed by atoms with Crippen molar-refractivity contribution < 1.29 is 14.8 Å². The number of non-ortho nitro benzene ring substituents is 1. The van der Waals surface area contributed by atoms with Crippen molar-refractivity contribution in [3.05, 3.63) is 69.8 Å². The van der Waals surface area contributed by atoms with E-state index in [4.69, 9.17) is 4.74 Å². The lowest BCUT2D eigenvalue weighted by Crippen LogP contribution is -2.39. The number of aryl methyl sites for hydroxylation is 1. The van der Waals surface area contributed by atoms with Crippen molar-refractivity contribution in [1.82, 2.24) is 10.6 Å². The standard InChI is InChI=1S/C21H28N4O4/c1-4-22-21(24-16(3)20-8-6-5-7-15(20)2)23-13-18(26)14-29-19-11-9-17(10-12-19)25(27)28/h5-12,16,18,26H,4,13-14H2,1-3H3,(H2,22,23,24). The summed E-state index contributed by atoms with van der Waals surface area (Å²) in [6.45, 7) is 6.99. The van der Waals surface area contributed by atoms with Gasteiger partial charge in [-0.15, -0.1) is 0 Å². The van der Waals surface area contributed by atoms with Crippen molar-refractivity contribution >= 4 is 11.6 Å². The molecule has 3 N–H and O–H groups in total. The van der Waals surface area contributed by atoms with Crippen LogP contribution in [-0.2, 0) is 0 Å². The molecule has 0 aromatic heterocycles. The Morgan fingerprint density at radius 1 is 1.24 bits per heavy atom. The number of aliphatic hydroxyl groups is 1. The van der Waals surface area contributed by atoms with Gasteiger partial charge in [-0.25, -0.2) is 0 Å². The lowest BCUT2D eigenvalue weighted by Gasteiger charge is -2.20. The number of nitrogens with zero attached hydrogens (tertiary/aromatic N) is 2. The van der Waals surface area contributed by atoms with Gasteiger partial charge in [0.15, 0.2) is 5.96 Å². The third-order valence-corrected chi connectivity index (χ3v) is 4.30. The van der Waals surface area contributed by atoms with E-state index in [-0.39, 0.29) is 24.9 Å². The molecule has 8 nitrogen and oxygen atoms in total. The van der Waals surface area contributed by atoms with E-state index < -0.39 is 11.0 Å². The molecule has 0 amide bonds. The van der Waals surface area contributed by atoms with Crippen molar-refractivity contribution in [2.24, 2.45) is 4.99 Å². The minimum Gasteiger partial charge on any atom is -0.491 e. The molecule has 0 bridgehead atoms. The number of nitro groups is 1. The predicted octanol–water partition coefficient (Wildman–Crippen LogP) is 2.96. The van der Waals surface area contributed by atoms with E-state index in [2.05, 4.69) is 41.6 Å². The summed E-state index contributed by atoms with van der Waals surface area (Å²) in [6, 6.07) is 13.9. The second-order valence-electron chi connectivity index (χ2n) is 6.66. The molecule has 0 spiro atoms. The van der Waals surface area contributed by atoms with Crippen LogP contribution in [0.15, 0.2) is 53.5 Å². The van der Waals surface area contributed by atoms with Gasteiger partial charge >= 0.3 is 0 Å². The minimum absolute atomic E-state index is 0.00775. The van der Waals surface area contributed by atoms with E-state index in [1.807, 2.05) is 19.1 Å². The third-order valence-electron chi connectivity index (χ3n) is 4.30. The first kappa shape index (κ1) is 22.2. The lowest BCUT2D eigenvalue weighted by molar-refractivity contribution is -0.384. The molecular formula is C21H28N4O4. The molecule has 29 heavy (non-hydrogen) atoms. The topological polar surface area (TPSA) is 109 Å². The molecule has 2 aromatic carbocycles. The largest absolute Gasteiger partial charge is 0.491 e. The normalized spacial score (nSPS) is 13.4. The summed E-state index contributed by atoms with van der Waals surface area (Å²) in [6.07, 6.45) is -0.811. The van der Waals surface area contributed by atoms with Crippen LogP contribution in [0.4, 0.5) is 5.69 Å². The Kier molecular flexibility index (Phi) is 8.42. The Labute approximate surface area is 170 Å². The molecule has 0 fully saturated rings. The van der Waals surface area contributed by atoms with E-state index >= 15 is 0 Å². The lowest BCUT2D eigenvalue weighted by atomic mass is 10.0. The number of rotatable bonds is 9. The first-order valence-electron chi connectivity index (χ1n) is 9.56. The van der Waals surface area contributed by atoms with E-state index in [0.29, 0.717) is 18.3 Å². The van der Waals surface area contributed by atoms with Gasteiger partial charge in [-0.05, 0) is 44.0 Å². The SMILES string of the molecule is CCNC(=NCC(O)COc1ccc([N+](=O)[O-])cc1)NC(C)c1ccccc1C. The summed E-state index contributed by atoms with van der Waals surface area (Å²) < 4.78 is 5.48. The second-order valence-corrected chi connectivity index (χ2v) is 6.66. The Morgan fingerprint density at radius 3 is 2.55 bits per heavy atom. The fraction of sp³-hybridized carbons (Fsp3) is 0.381. The molecule has 8 heteroatoms. The highest BCUT2D eigenvalue weighted by molar-refractivity contribution is 5.80. The summed E-state index contributed by atoms with van der Waals surface area (Å²) in [5.41, 5.74) is 2.37. The fourth-order valence-electron chi connectivity index (χ4n) is 2.78. The van der Waals surface area contributed by atoms with E-state index in [1.165, 1.54) is 35.4 Å². The van der Waals surface area contributed by atoms with Gasteiger partial charge in [0.1, 0.15) is 18.5 Å². The molecule has 0 saturated carbocycles. The van der Waals surface area contributed by atoms with Gasteiger partial charge in [-0.1, -0.05) is 24.3 Å². The Hall–Kier alpha value is -3.13. The van der Waals surface area contributed by atoms with Crippen LogP contribution in [0.5, 0.6) is 5.75 Å². The summed E-state index contributed by atoms with van der Waals surface area (Å²) in [5, 5.41) is 27.3. The molecule has 0 radical (unpaired) electrons. The summed E-state index contributed by atoms with van der Waals surface area (Å²) >= 11 is 0. The number of nitrogens with one attached hydrogen (secondary N) is 2. The Balaban J connectivity index is 1.89.